The first-order chi connectivity index (χ1) is 8.48. The van der Waals surface area contributed by atoms with Gasteiger partial charge in [-0.3, -0.25) is 0 Å². The topological polar surface area (TPSA) is 81.4 Å². The average Bonchev–Trinajstić information content (AvgIpc) is 2.27. The van der Waals surface area contributed by atoms with Crippen LogP contribution in [0.2, 0.25) is 5.02 Å². The summed E-state index contributed by atoms with van der Waals surface area (Å²) >= 11 is 5.77. The highest BCUT2D eigenvalue weighted by atomic mass is 35.5. The highest BCUT2D eigenvalue weighted by Gasteiger charge is 2.37. The smallest absolute Gasteiger partial charge is 0.244 e. The number of hydrogen-bond donors (Lipinski definition) is 1. The summed E-state index contributed by atoms with van der Waals surface area (Å²) in [4.78, 5) is -0.0751. The molecule has 1 aromatic carbocycles. The monoisotopic (exact) mass is 286 g/mol. The number of rotatable bonds is 3. The summed E-state index contributed by atoms with van der Waals surface area (Å²) < 4.78 is 25.7. The van der Waals surface area contributed by atoms with Gasteiger partial charge in [-0.15, -0.1) is 0 Å². The Bertz CT molecular complexity index is 603. The Labute approximate surface area is 110 Å². The molecule has 0 atom stereocenters. The van der Waals surface area contributed by atoms with Crippen molar-refractivity contribution in [1.82, 2.24) is 4.31 Å². The van der Waals surface area contributed by atoms with Gasteiger partial charge in [-0.1, -0.05) is 11.6 Å². The SMILES string of the molecule is N#Cc1ccc(Cl)cc1S(=O)(=O)N1CC(CO)C1. The second-order valence-corrected chi connectivity index (χ2v) is 6.47. The van der Waals surface area contributed by atoms with Crippen LogP contribution in [-0.4, -0.2) is 37.5 Å². The van der Waals surface area contributed by atoms with E-state index in [1.807, 2.05) is 6.07 Å². The largest absolute Gasteiger partial charge is 0.396 e. The van der Waals surface area contributed by atoms with Crippen molar-refractivity contribution in [2.75, 3.05) is 19.7 Å². The molecule has 0 bridgehead atoms. The highest BCUT2D eigenvalue weighted by Crippen LogP contribution is 2.28. The van der Waals surface area contributed by atoms with Crippen LogP contribution in [-0.2, 0) is 10.0 Å². The maximum Gasteiger partial charge on any atom is 0.244 e. The minimum atomic E-state index is -3.70. The Balaban J connectivity index is 2.37. The van der Waals surface area contributed by atoms with E-state index in [4.69, 9.17) is 22.0 Å². The molecule has 2 rings (SSSR count). The first-order valence-electron chi connectivity index (χ1n) is 5.29. The van der Waals surface area contributed by atoms with E-state index in [1.54, 1.807) is 0 Å². The predicted molar refractivity (Wildman–Crippen MR) is 65.5 cm³/mol. The molecule has 0 aliphatic carbocycles. The fourth-order valence-electron chi connectivity index (χ4n) is 1.78. The van der Waals surface area contributed by atoms with Gasteiger partial charge in [0.15, 0.2) is 0 Å². The number of benzene rings is 1. The highest BCUT2D eigenvalue weighted by molar-refractivity contribution is 7.89. The number of nitrogens with zero attached hydrogens (tertiary/aromatic N) is 2. The fraction of sp³-hybridized carbons (Fsp3) is 0.364. The van der Waals surface area contributed by atoms with Crippen molar-refractivity contribution < 1.29 is 13.5 Å². The van der Waals surface area contributed by atoms with Crippen molar-refractivity contribution in [1.29, 1.82) is 5.26 Å². The summed E-state index contributed by atoms with van der Waals surface area (Å²) in [5, 5.41) is 18.1. The molecule has 0 spiro atoms. The molecule has 1 fully saturated rings. The van der Waals surface area contributed by atoms with Gasteiger partial charge in [0.05, 0.1) is 5.56 Å². The third-order valence-corrected chi connectivity index (χ3v) is 4.97. The van der Waals surface area contributed by atoms with Crippen LogP contribution < -0.4 is 0 Å². The zero-order valence-corrected chi connectivity index (χ0v) is 10.9. The molecular weight excluding hydrogens is 276 g/mol. The van der Waals surface area contributed by atoms with Gasteiger partial charge in [0.2, 0.25) is 10.0 Å². The van der Waals surface area contributed by atoms with Crippen LogP contribution in [0.4, 0.5) is 0 Å². The van der Waals surface area contributed by atoms with Crippen molar-refractivity contribution in [2.24, 2.45) is 5.92 Å². The van der Waals surface area contributed by atoms with E-state index in [0.717, 1.165) is 0 Å². The van der Waals surface area contributed by atoms with Crippen LogP contribution in [0.15, 0.2) is 23.1 Å². The van der Waals surface area contributed by atoms with Gasteiger partial charge in [0, 0.05) is 30.6 Å². The summed E-state index contributed by atoms with van der Waals surface area (Å²) in [5.74, 6) is -0.0236. The summed E-state index contributed by atoms with van der Waals surface area (Å²) in [6.07, 6.45) is 0. The van der Waals surface area contributed by atoms with Crippen LogP contribution in [0.1, 0.15) is 5.56 Å². The summed E-state index contributed by atoms with van der Waals surface area (Å²) in [7, 11) is -3.70. The van der Waals surface area contributed by atoms with Crippen molar-refractivity contribution in [3.05, 3.63) is 28.8 Å². The van der Waals surface area contributed by atoms with Crippen LogP contribution in [0.3, 0.4) is 0 Å². The molecular formula is C11H11ClN2O3S. The zero-order valence-electron chi connectivity index (χ0n) is 9.38. The van der Waals surface area contributed by atoms with Gasteiger partial charge in [-0.05, 0) is 18.2 Å². The summed E-state index contributed by atoms with van der Waals surface area (Å²) in [6, 6.07) is 5.99. The minimum Gasteiger partial charge on any atom is -0.396 e. The van der Waals surface area contributed by atoms with Crippen LogP contribution in [0, 0.1) is 17.2 Å². The van der Waals surface area contributed by atoms with Gasteiger partial charge < -0.3 is 5.11 Å². The number of hydrogen-bond acceptors (Lipinski definition) is 4. The molecule has 0 unspecified atom stereocenters. The van der Waals surface area contributed by atoms with Crippen molar-refractivity contribution in [3.63, 3.8) is 0 Å². The molecule has 96 valence electrons. The van der Waals surface area contributed by atoms with E-state index in [0.29, 0.717) is 0 Å². The number of aliphatic hydroxyl groups is 1. The van der Waals surface area contributed by atoms with Crippen molar-refractivity contribution in [2.45, 2.75) is 4.90 Å². The lowest BCUT2D eigenvalue weighted by Gasteiger charge is -2.37. The summed E-state index contributed by atoms with van der Waals surface area (Å²) in [6.45, 7) is 0.513. The third kappa shape index (κ3) is 2.22. The molecule has 18 heavy (non-hydrogen) atoms. The lowest BCUT2D eigenvalue weighted by Crippen LogP contribution is -2.51. The van der Waals surface area contributed by atoms with E-state index < -0.39 is 10.0 Å². The van der Waals surface area contributed by atoms with Crippen LogP contribution >= 0.6 is 11.6 Å². The first-order valence-corrected chi connectivity index (χ1v) is 7.11. The van der Waals surface area contributed by atoms with Gasteiger partial charge in [-0.2, -0.15) is 9.57 Å². The fourth-order valence-corrected chi connectivity index (χ4v) is 3.77. The molecule has 0 aromatic heterocycles. The molecule has 1 aromatic rings. The summed E-state index contributed by atoms with van der Waals surface area (Å²) in [5.41, 5.74) is 0.0758. The molecule has 1 aliphatic heterocycles. The van der Waals surface area contributed by atoms with Crippen LogP contribution in [0.25, 0.3) is 0 Å². The van der Waals surface area contributed by atoms with E-state index in [2.05, 4.69) is 0 Å². The lowest BCUT2D eigenvalue weighted by molar-refractivity contribution is 0.117. The molecule has 7 heteroatoms. The van der Waals surface area contributed by atoms with Gasteiger partial charge in [0.1, 0.15) is 11.0 Å². The van der Waals surface area contributed by atoms with Gasteiger partial charge in [-0.25, -0.2) is 8.42 Å². The lowest BCUT2D eigenvalue weighted by atomic mass is 10.1. The second kappa shape index (κ2) is 4.86. The Morgan fingerprint density at radius 3 is 2.72 bits per heavy atom. The second-order valence-electron chi connectivity index (χ2n) is 4.12. The third-order valence-electron chi connectivity index (χ3n) is 2.86. The predicted octanol–water partition coefficient (Wildman–Crippen LogP) is 0.824. The number of halogens is 1. The maximum absolute atomic E-state index is 12.2. The molecule has 1 N–H and O–H groups in total. The molecule has 0 radical (unpaired) electrons. The van der Waals surface area contributed by atoms with E-state index in [1.165, 1.54) is 22.5 Å². The Morgan fingerprint density at radius 2 is 2.17 bits per heavy atom. The van der Waals surface area contributed by atoms with E-state index >= 15 is 0 Å². The normalized spacial score (nSPS) is 17.2. The van der Waals surface area contributed by atoms with Gasteiger partial charge in [0.25, 0.3) is 0 Å². The Kier molecular flexibility index (Phi) is 3.59. The molecule has 0 amide bonds. The molecule has 1 aliphatic rings. The Hall–Kier alpha value is -1.13. The maximum atomic E-state index is 12.2. The number of nitriles is 1. The zero-order chi connectivity index (χ0) is 13.3. The van der Waals surface area contributed by atoms with E-state index in [9.17, 15) is 8.42 Å². The quantitative estimate of drug-likeness (QED) is 0.892. The average molecular weight is 287 g/mol. The van der Waals surface area contributed by atoms with E-state index in [-0.39, 0.29) is 41.1 Å². The molecule has 1 saturated heterocycles. The molecule has 1 heterocycles. The molecule has 5 nitrogen and oxygen atoms in total. The molecule has 0 saturated carbocycles. The standard InChI is InChI=1S/C11H11ClN2O3S/c12-10-2-1-9(4-13)11(3-10)18(16,17)14-5-8(6-14)7-15/h1-3,8,15H,5-7H2. The van der Waals surface area contributed by atoms with Crippen LogP contribution in [0.5, 0.6) is 0 Å². The van der Waals surface area contributed by atoms with Crippen molar-refractivity contribution in [3.8, 4) is 6.07 Å². The number of sulfonamides is 1. The van der Waals surface area contributed by atoms with Crippen molar-refractivity contribution >= 4 is 21.6 Å². The number of aliphatic hydroxyl groups excluding tert-OH is 1. The Morgan fingerprint density at radius 1 is 1.50 bits per heavy atom. The minimum absolute atomic E-state index is 0.0236. The first kappa shape index (κ1) is 13.3. The van der Waals surface area contributed by atoms with Gasteiger partial charge >= 0.3 is 0 Å².